The highest BCUT2D eigenvalue weighted by Gasteiger charge is 2.25. The van der Waals surface area contributed by atoms with Crippen LogP contribution in [-0.2, 0) is 4.79 Å². The van der Waals surface area contributed by atoms with Crippen LogP contribution in [0.4, 0.5) is 5.69 Å². The normalized spacial score (nSPS) is 18.6. The number of carboxylic acid groups (broad SMARTS) is 1. The standard InChI is InChI=1S/C13H13Cl2NO3S/c14-7-4-5-8(15)11(10(7)13(18)19)16-12(17)9-3-1-2-6-20-9/h4-5,9H,1-3,6H2,(H,16,17)(H,18,19). The largest absolute Gasteiger partial charge is 0.478 e. The Morgan fingerprint density at radius 2 is 1.95 bits per heavy atom. The molecule has 1 atom stereocenters. The molecule has 0 aromatic heterocycles. The van der Waals surface area contributed by atoms with E-state index in [0.717, 1.165) is 25.0 Å². The SMILES string of the molecule is O=C(O)c1c(Cl)ccc(Cl)c1NC(=O)C1CCCCS1. The third-order valence-electron chi connectivity index (χ3n) is 3.04. The lowest BCUT2D eigenvalue weighted by Crippen LogP contribution is -2.28. The zero-order valence-electron chi connectivity index (χ0n) is 10.5. The number of carbonyl (C=O) groups is 2. The summed E-state index contributed by atoms with van der Waals surface area (Å²) in [6.45, 7) is 0. The molecule has 108 valence electrons. The molecular formula is C13H13Cl2NO3S. The molecule has 1 unspecified atom stereocenters. The Labute approximate surface area is 130 Å². The van der Waals surface area contributed by atoms with Crippen LogP contribution in [0.1, 0.15) is 29.6 Å². The van der Waals surface area contributed by atoms with Crippen LogP contribution in [-0.4, -0.2) is 28.0 Å². The molecule has 7 heteroatoms. The molecule has 2 N–H and O–H groups in total. The summed E-state index contributed by atoms with van der Waals surface area (Å²) in [5.74, 6) is -0.502. The molecule has 1 saturated heterocycles. The molecular weight excluding hydrogens is 321 g/mol. The zero-order valence-corrected chi connectivity index (χ0v) is 12.8. The van der Waals surface area contributed by atoms with E-state index < -0.39 is 5.97 Å². The van der Waals surface area contributed by atoms with E-state index >= 15 is 0 Å². The third-order valence-corrected chi connectivity index (χ3v) is 5.04. The number of halogens is 2. The van der Waals surface area contributed by atoms with Crippen molar-refractivity contribution in [1.82, 2.24) is 0 Å². The van der Waals surface area contributed by atoms with E-state index in [2.05, 4.69) is 5.32 Å². The van der Waals surface area contributed by atoms with Gasteiger partial charge >= 0.3 is 5.97 Å². The van der Waals surface area contributed by atoms with Crippen molar-refractivity contribution >= 4 is 52.5 Å². The van der Waals surface area contributed by atoms with Crippen LogP contribution in [0.2, 0.25) is 10.0 Å². The summed E-state index contributed by atoms with van der Waals surface area (Å²) >= 11 is 13.4. The van der Waals surface area contributed by atoms with Crippen LogP contribution in [0.5, 0.6) is 0 Å². The molecule has 0 radical (unpaired) electrons. The van der Waals surface area contributed by atoms with Gasteiger partial charge in [0.2, 0.25) is 5.91 Å². The second kappa shape index (κ2) is 6.70. The molecule has 0 bridgehead atoms. The van der Waals surface area contributed by atoms with Gasteiger partial charge in [0.05, 0.1) is 21.0 Å². The Hall–Kier alpha value is -0.910. The van der Waals surface area contributed by atoms with Gasteiger partial charge in [-0.15, -0.1) is 11.8 Å². The average Bonchev–Trinajstić information content (AvgIpc) is 2.43. The Bertz CT molecular complexity index is 545. The molecule has 0 aliphatic carbocycles. The highest BCUT2D eigenvalue weighted by molar-refractivity contribution is 8.00. The number of rotatable bonds is 3. The molecule has 1 heterocycles. The van der Waals surface area contributed by atoms with Crippen LogP contribution in [0, 0.1) is 0 Å². The summed E-state index contributed by atoms with van der Waals surface area (Å²) < 4.78 is 0. The summed E-state index contributed by atoms with van der Waals surface area (Å²) in [7, 11) is 0. The zero-order chi connectivity index (χ0) is 14.7. The van der Waals surface area contributed by atoms with Crippen molar-refractivity contribution in [3.63, 3.8) is 0 Å². The van der Waals surface area contributed by atoms with Crippen LogP contribution < -0.4 is 5.32 Å². The summed E-state index contributed by atoms with van der Waals surface area (Å²) in [6.07, 6.45) is 2.89. The summed E-state index contributed by atoms with van der Waals surface area (Å²) in [4.78, 5) is 23.4. The third kappa shape index (κ3) is 3.40. The number of hydrogen-bond donors (Lipinski definition) is 2. The molecule has 1 amide bonds. The van der Waals surface area contributed by atoms with Crippen LogP contribution in [0.15, 0.2) is 12.1 Å². The van der Waals surface area contributed by atoms with Crippen molar-refractivity contribution in [1.29, 1.82) is 0 Å². The Morgan fingerprint density at radius 3 is 2.55 bits per heavy atom. The molecule has 0 spiro atoms. The quantitative estimate of drug-likeness (QED) is 0.879. The lowest BCUT2D eigenvalue weighted by Gasteiger charge is -2.21. The van der Waals surface area contributed by atoms with Crippen molar-refractivity contribution < 1.29 is 14.7 Å². The Kier molecular flexibility index (Phi) is 5.18. The average molecular weight is 334 g/mol. The summed E-state index contributed by atoms with van der Waals surface area (Å²) in [5, 5.41) is 11.9. The van der Waals surface area contributed by atoms with Gasteiger partial charge in [-0.3, -0.25) is 4.79 Å². The van der Waals surface area contributed by atoms with Gasteiger partial charge in [-0.25, -0.2) is 4.79 Å². The molecule has 2 rings (SSSR count). The number of nitrogens with one attached hydrogen (secondary N) is 1. The number of anilines is 1. The fourth-order valence-corrected chi connectivity index (χ4v) is 3.68. The maximum absolute atomic E-state index is 12.2. The Balaban J connectivity index is 2.26. The predicted octanol–water partition coefficient (Wildman–Crippen LogP) is 3.92. The van der Waals surface area contributed by atoms with E-state index in [1.54, 1.807) is 11.8 Å². The molecule has 4 nitrogen and oxygen atoms in total. The predicted molar refractivity (Wildman–Crippen MR) is 82.1 cm³/mol. The highest BCUT2D eigenvalue weighted by atomic mass is 35.5. The first-order valence-electron chi connectivity index (χ1n) is 6.14. The lowest BCUT2D eigenvalue weighted by atomic mass is 10.1. The smallest absolute Gasteiger partial charge is 0.339 e. The van der Waals surface area contributed by atoms with Gasteiger partial charge in [-0.1, -0.05) is 29.6 Å². The number of carbonyl (C=O) groups excluding carboxylic acids is 1. The van der Waals surface area contributed by atoms with Gasteiger partial charge in [0.25, 0.3) is 0 Å². The molecule has 1 fully saturated rings. The molecule has 1 aromatic rings. The second-order valence-corrected chi connectivity index (χ2v) is 6.55. The maximum atomic E-state index is 12.2. The number of amides is 1. The first kappa shape index (κ1) is 15.5. The van der Waals surface area contributed by atoms with Crippen molar-refractivity contribution in [2.45, 2.75) is 24.5 Å². The fourth-order valence-electron chi connectivity index (χ4n) is 2.03. The van der Waals surface area contributed by atoms with Gasteiger partial charge < -0.3 is 10.4 Å². The minimum atomic E-state index is -1.22. The monoisotopic (exact) mass is 333 g/mol. The van der Waals surface area contributed by atoms with Crippen molar-refractivity contribution in [3.05, 3.63) is 27.7 Å². The molecule has 1 aromatic carbocycles. The Morgan fingerprint density at radius 1 is 1.25 bits per heavy atom. The molecule has 0 saturated carbocycles. The molecule has 20 heavy (non-hydrogen) atoms. The highest BCUT2D eigenvalue weighted by Crippen LogP contribution is 2.33. The van der Waals surface area contributed by atoms with Crippen molar-refractivity contribution in [2.75, 3.05) is 11.1 Å². The van der Waals surface area contributed by atoms with Gasteiger partial charge in [-0.05, 0) is 30.7 Å². The van der Waals surface area contributed by atoms with E-state index in [1.807, 2.05) is 0 Å². The molecule has 1 aliphatic rings. The number of thioether (sulfide) groups is 1. The van der Waals surface area contributed by atoms with E-state index in [-0.39, 0.29) is 32.5 Å². The van der Waals surface area contributed by atoms with E-state index in [4.69, 9.17) is 23.2 Å². The minimum Gasteiger partial charge on any atom is -0.478 e. The first-order valence-corrected chi connectivity index (χ1v) is 7.95. The number of benzene rings is 1. The number of hydrogen-bond acceptors (Lipinski definition) is 3. The van der Waals surface area contributed by atoms with Gasteiger partial charge in [0, 0.05) is 0 Å². The maximum Gasteiger partial charge on any atom is 0.339 e. The second-order valence-electron chi connectivity index (χ2n) is 4.43. The lowest BCUT2D eigenvalue weighted by molar-refractivity contribution is -0.115. The fraction of sp³-hybridized carbons (Fsp3) is 0.385. The van der Waals surface area contributed by atoms with Crippen molar-refractivity contribution in [3.8, 4) is 0 Å². The van der Waals surface area contributed by atoms with Gasteiger partial charge in [0.1, 0.15) is 5.56 Å². The van der Waals surface area contributed by atoms with E-state index in [0.29, 0.717) is 0 Å². The number of aromatic carboxylic acids is 1. The summed E-state index contributed by atoms with van der Waals surface area (Å²) in [6, 6.07) is 2.87. The first-order chi connectivity index (χ1) is 9.50. The topological polar surface area (TPSA) is 66.4 Å². The van der Waals surface area contributed by atoms with Gasteiger partial charge in [0.15, 0.2) is 0 Å². The van der Waals surface area contributed by atoms with E-state index in [1.165, 1.54) is 12.1 Å². The van der Waals surface area contributed by atoms with E-state index in [9.17, 15) is 14.7 Å². The van der Waals surface area contributed by atoms with Gasteiger partial charge in [-0.2, -0.15) is 0 Å². The van der Waals surface area contributed by atoms with Crippen LogP contribution >= 0.6 is 35.0 Å². The minimum absolute atomic E-state index is 0.0495. The molecule has 1 aliphatic heterocycles. The van der Waals surface area contributed by atoms with Crippen molar-refractivity contribution in [2.24, 2.45) is 0 Å². The van der Waals surface area contributed by atoms with Crippen LogP contribution in [0.25, 0.3) is 0 Å². The number of carboxylic acids is 1. The summed E-state index contributed by atoms with van der Waals surface area (Å²) in [5.41, 5.74) is -0.101. The van der Waals surface area contributed by atoms with Crippen LogP contribution in [0.3, 0.4) is 0 Å².